The first kappa shape index (κ1) is 79.7. The molecular formula is C138H80B4N6. The summed E-state index contributed by atoms with van der Waals surface area (Å²) in [6.07, 6.45) is 0. The van der Waals surface area contributed by atoms with Crippen LogP contribution in [0.5, 0.6) is 0 Å². The number of rotatable bonds is 10. The molecule has 23 aromatic carbocycles. The normalized spacial score (nSPS) is 13.1. The van der Waals surface area contributed by atoms with Gasteiger partial charge in [-0.1, -0.05) is 428 Å². The maximum atomic E-state index is 2.72. The summed E-state index contributed by atoms with van der Waals surface area (Å²) in [4.78, 5) is 0. The van der Waals surface area contributed by atoms with Crippen LogP contribution in [0.1, 0.15) is 0 Å². The first-order valence-corrected chi connectivity index (χ1v) is 52.0. The highest BCUT2D eigenvalue weighted by molar-refractivity contribution is 7.04. The molecule has 0 unspecified atom stereocenters. The van der Waals surface area contributed by atoms with E-state index in [9.17, 15) is 0 Å². The van der Waals surface area contributed by atoms with Crippen LogP contribution in [0, 0.1) is 0 Å². The van der Waals surface area contributed by atoms with Crippen LogP contribution in [-0.4, -0.2) is 53.9 Å². The molecule has 10 heteroatoms. The molecule has 0 radical (unpaired) electrons. The highest BCUT2D eigenvalue weighted by atomic mass is 15.0. The SMILES string of the molecule is c1ccc(-c2ccccc2B2c3c(cc4c5ccccc5n5c6ccccc6c3c45)-n3c4cc(-c5ccc(B6c7ccccc7-n7c8cc(-c9ccc%10c%11c%12c%13c(c%14c%11n(c%10c9)-c9ccccc9B%14c9ccccc9-c9ccccc9)c9ccccc9n%13-c9ccccc9B%12c9ccccc9-c9ccccc9)ccc8c8c9c%10cccc%11c%12ccccc%12n(c9cc6c87)c%11%10)c(-c6ccccc6)c5)ccc4c4cccc2c43)cc1. The number of hydrogen-bond acceptors (Lipinski definition) is 0. The number of aromatic nitrogens is 6. The lowest BCUT2D eigenvalue weighted by Crippen LogP contribution is -2.60. The quantitative estimate of drug-likeness (QED) is 0.122. The van der Waals surface area contributed by atoms with Gasteiger partial charge >= 0.3 is 0 Å². The zero-order valence-electron chi connectivity index (χ0n) is 80.2. The second kappa shape index (κ2) is 29.5. The third kappa shape index (κ3) is 10.3. The zero-order valence-corrected chi connectivity index (χ0v) is 80.2. The maximum absolute atomic E-state index is 2.72. The van der Waals surface area contributed by atoms with E-state index in [2.05, 4.69) is 512 Å². The minimum absolute atomic E-state index is 0.107. The Morgan fingerprint density at radius 3 is 1.01 bits per heavy atom. The average Bonchev–Trinajstić information content (AvgIpc) is 1.49. The molecule has 0 amide bonds. The van der Waals surface area contributed by atoms with E-state index >= 15 is 0 Å². The van der Waals surface area contributed by atoms with E-state index in [4.69, 9.17) is 0 Å². The maximum Gasteiger partial charge on any atom is 0.248 e. The fourth-order valence-corrected chi connectivity index (χ4v) is 29.1. The molecule has 0 N–H and O–H groups in total. The summed E-state index contributed by atoms with van der Waals surface area (Å²) in [6, 6.07) is 187. The van der Waals surface area contributed by atoms with Gasteiger partial charge in [-0.3, -0.25) is 0 Å². The van der Waals surface area contributed by atoms with Gasteiger partial charge in [-0.15, -0.1) is 0 Å². The van der Waals surface area contributed by atoms with Crippen LogP contribution >= 0.6 is 0 Å². The van der Waals surface area contributed by atoms with Gasteiger partial charge in [0, 0.05) is 125 Å². The summed E-state index contributed by atoms with van der Waals surface area (Å²) in [6.45, 7) is -0.665. The van der Waals surface area contributed by atoms with Crippen molar-refractivity contribution in [1.82, 2.24) is 27.1 Å². The largest absolute Gasteiger partial charge is 0.310 e. The smallest absolute Gasteiger partial charge is 0.248 e. The highest BCUT2D eigenvalue weighted by Crippen LogP contribution is 2.51. The molecule has 0 bridgehead atoms. The summed E-state index contributed by atoms with van der Waals surface area (Å²) >= 11 is 0. The van der Waals surface area contributed by atoms with E-state index in [1.807, 2.05) is 0 Å². The Bertz CT molecular complexity index is 11200. The summed E-state index contributed by atoms with van der Waals surface area (Å²) < 4.78 is 15.9. The van der Waals surface area contributed by atoms with Crippen molar-refractivity contribution < 1.29 is 0 Å². The second-order valence-electron chi connectivity index (χ2n) is 41.6. The topological polar surface area (TPSA) is 28.5 Å². The van der Waals surface area contributed by atoms with Crippen LogP contribution in [0.15, 0.2) is 485 Å². The van der Waals surface area contributed by atoms with Crippen molar-refractivity contribution in [3.8, 4) is 89.5 Å². The predicted octanol–water partition coefficient (Wildman–Crippen LogP) is 25.7. The standard InChI is InChI=1S/C138H80B4N6/c1-5-35-81(36-6-1)89-43-13-20-53-104(89)140-109-57-24-31-65-118(109)144-116-63-29-19-49-98(116)128-131-138-129(132(140)137(128)144)100-73-69-88(78-122(100)147(138)119-66-32-25-58-110(119)141(131)105-54-21-14-44-90(105)82-37-7-2-8-38-82)87-68-72-99-121(77-87)146-117-64-30-23-56-108(117)139(112-80-123-125(126(99)136(112)146)101-52-33-50-95-92-46-16-26-60-113(92)145(123)133(95)101)107-74-70-85(75-102(107)84-41-11-4-12-42-84)86-67-71-94-96-51-34-59-111-134(96)148(120(94)76-86)124-79-103-93-47-17-27-61-114(93)143-115-62-28-18-48-97(115)127(135(103)143)130(124)142(111)106-55-22-15-45-91(106)83-39-9-3-10-40-83/h1-80H. The van der Waals surface area contributed by atoms with Gasteiger partial charge < -0.3 is 27.1 Å². The Labute approximate surface area is 851 Å². The Morgan fingerprint density at radius 1 is 0.128 bits per heavy atom. The van der Waals surface area contributed by atoms with E-state index in [1.54, 1.807) is 0 Å². The van der Waals surface area contributed by atoms with E-state index in [-0.39, 0.29) is 26.9 Å². The van der Waals surface area contributed by atoms with Crippen molar-refractivity contribution in [2.24, 2.45) is 0 Å². The lowest BCUT2D eigenvalue weighted by Gasteiger charge is -2.33. The van der Waals surface area contributed by atoms with Crippen LogP contribution in [0.4, 0.5) is 0 Å². The molecule has 0 saturated carbocycles. The minimum atomic E-state index is -0.220. The second-order valence-corrected chi connectivity index (χ2v) is 41.6. The highest BCUT2D eigenvalue weighted by Gasteiger charge is 2.47. The number of para-hydroxylation sites is 9. The molecule has 0 atom stereocenters. The van der Waals surface area contributed by atoms with E-state index in [0.29, 0.717) is 0 Å². The first-order valence-electron chi connectivity index (χ1n) is 52.0. The molecule has 0 aliphatic carbocycles. The lowest BCUT2D eigenvalue weighted by atomic mass is 9.31. The van der Waals surface area contributed by atoms with E-state index in [1.165, 1.54) is 296 Å². The molecule has 0 fully saturated rings. The minimum Gasteiger partial charge on any atom is -0.310 e. The average molecular weight is 1870 g/mol. The molecule has 35 rings (SSSR count). The monoisotopic (exact) mass is 1860 g/mol. The fourth-order valence-electron chi connectivity index (χ4n) is 29.1. The molecule has 31 aromatic rings. The molecule has 12 heterocycles. The summed E-state index contributed by atoms with van der Waals surface area (Å²) in [5, 5.41) is 20.3. The van der Waals surface area contributed by atoms with Gasteiger partial charge in [-0.25, -0.2) is 0 Å². The third-order valence-corrected chi connectivity index (χ3v) is 34.7. The molecule has 0 spiro atoms. The van der Waals surface area contributed by atoms with Crippen molar-refractivity contribution in [2.45, 2.75) is 0 Å². The van der Waals surface area contributed by atoms with Gasteiger partial charge in [-0.05, 0) is 189 Å². The molecule has 4 aliphatic rings. The fraction of sp³-hybridized carbons (Fsp3) is 0. The third-order valence-electron chi connectivity index (χ3n) is 34.7. The van der Waals surface area contributed by atoms with Crippen molar-refractivity contribution in [3.63, 3.8) is 0 Å². The number of benzene rings is 23. The number of fused-ring (bicyclic) bond motifs is 36. The van der Waals surface area contributed by atoms with Gasteiger partial charge in [0.2, 0.25) is 26.9 Å². The lowest BCUT2D eigenvalue weighted by molar-refractivity contribution is 1.18. The van der Waals surface area contributed by atoms with Crippen molar-refractivity contribution in [1.29, 1.82) is 0 Å². The molecule has 4 aliphatic heterocycles. The van der Waals surface area contributed by atoms with E-state index < -0.39 is 0 Å². The Balaban J connectivity index is 0.599. The summed E-state index contributed by atoms with van der Waals surface area (Å²) in [5.74, 6) is 0. The van der Waals surface area contributed by atoms with Crippen molar-refractivity contribution >= 4 is 256 Å². The molecular weight excluding hydrogens is 1780 g/mol. The van der Waals surface area contributed by atoms with Crippen LogP contribution in [0.25, 0.3) is 253 Å². The molecule has 8 aromatic heterocycles. The predicted molar refractivity (Wildman–Crippen MR) is 630 cm³/mol. The summed E-state index contributed by atoms with van der Waals surface area (Å²) in [7, 11) is 0. The van der Waals surface area contributed by atoms with Crippen LogP contribution in [0.2, 0.25) is 0 Å². The molecule has 0 saturated heterocycles. The van der Waals surface area contributed by atoms with Crippen molar-refractivity contribution in [3.05, 3.63) is 485 Å². The van der Waals surface area contributed by atoms with Gasteiger partial charge in [0.1, 0.15) is 0 Å². The Hall–Kier alpha value is -18.9. The Morgan fingerprint density at radius 2 is 0.459 bits per heavy atom. The van der Waals surface area contributed by atoms with Gasteiger partial charge in [0.05, 0.1) is 60.7 Å². The molecule has 148 heavy (non-hydrogen) atoms. The van der Waals surface area contributed by atoms with Crippen LogP contribution in [0.3, 0.4) is 0 Å². The molecule has 674 valence electrons. The summed E-state index contributed by atoms with van der Waals surface area (Å²) in [5.41, 5.74) is 51.9. The first-order chi connectivity index (χ1) is 73.6. The Kier molecular flexibility index (Phi) is 15.9. The van der Waals surface area contributed by atoms with Crippen molar-refractivity contribution in [2.75, 3.05) is 0 Å². The number of hydrogen-bond donors (Lipinski definition) is 0. The van der Waals surface area contributed by atoms with Crippen LogP contribution < -0.4 is 65.6 Å². The van der Waals surface area contributed by atoms with E-state index in [0.717, 1.165) is 22.3 Å². The number of nitrogens with zero attached hydrogens (tertiary/aromatic N) is 6. The molecule has 6 nitrogen and oxygen atoms in total. The van der Waals surface area contributed by atoms with Crippen LogP contribution in [-0.2, 0) is 0 Å². The zero-order chi connectivity index (χ0) is 95.8. The van der Waals surface area contributed by atoms with Gasteiger partial charge in [0.15, 0.2) is 0 Å². The van der Waals surface area contributed by atoms with Gasteiger partial charge in [0.25, 0.3) is 0 Å². The van der Waals surface area contributed by atoms with Gasteiger partial charge in [-0.2, -0.15) is 0 Å².